The number of carbonyl (C=O) groups excluding carboxylic acids is 1. The SMILES string of the molecule is O=C(NCCC1CCCCCC1)C1CCCN(S(=O)(=O)N2CCCCC2)C1. The first kappa shape index (κ1) is 21.1. The molecule has 3 rings (SSSR count). The predicted octanol–water partition coefficient (Wildman–Crippen LogP) is 2.91. The summed E-state index contributed by atoms with van der Waals surface area (Å²) in [6.07, 6.45) is 13.6. The number of hydrogen-bond acceptors (Lipinski definition) is 3. The molecule has 7 heteroatoms. The van der Waals surface area contributed by atoms with Gasteiger partial charge in [-0.3, -0.25) is 4.79 Å². The summed E-state index contributed by atoms with van der Waals surface area (Å²) in [5.74, 6) is 0.588. The van der Waals surface area contributed by atoms with E-state index in [1.54, 1.807) is 8.61 Å². The summed E-state index contributed by atoms with van der Waals surface area (Å²) in [5, 5.41) is 3.10. The van der Waals surface area contributed by atoms with Crippen molar-refractivity contribution >= 4 is 16.1 Å². The highest BCUT2D eigenvalue weighted by Gasteiger charge is 2.36. The maximum absolute atomic E-state index is 12.9. The van der Waals surface area contributed by atoms with Gasteiger partial charge in [-0.25, -0.2) is 0 Å². The Morgan fingerprint density at radius 1 is 0.815 bits per heavy atom. The van der Waals surface area contributed by atoms with Gasteiger partial charge in [0.15, 0.2) is 0 Å². The minimum absolute atomic E-state index is 0.0437. The lowest BCUT2D eigenvalue weighted by Crippen LogP contribution is -2.51. The summed E-state index contributed by atoms with van der Waals surface area (Å²) in [5.41, 5.74) is 0. The minimum Gasteiger partial charge on any atom is -0.356 e. The second-order valence-electron chi connectivity index (χ2n) is 8.60. The molecule has 156 valence electrons. The Morgan fingerprint density at radius 2 is 1.44 bits per heavy atom. The van der Waals surface area contributed by atoms with Gasteiger partial charge in [-0.15, -0.1) is 0 Å². The molecule has 0 aromatic rings. The molecular weight excluding hydrogens is 362 g/mol. The fourth-order valence-corrected chi connectivity index (χ4v) is 6.60. The van der Waals surface area contributed by atoms with E-state index in [9.17, 15) is 13.2 Å². The molecule has 0 bridgehead atoms. The van der Waals surface area contributed by atoms with E-state index in [-0.39, 0.29) is 11.8 Å². The zero-order valence-electron chi connectivity index (χ0n) is 16.7. The van der Waals surface area contributed by atoms with Gasteiger partial charge < -0.3 is 5.32 Å². The van der Waals surface area contributed by atoms with E-state index in [1.165, 1.54) is 38.5 Å². The average Bonchev–Trinajstić information content (AvgIpc) is 2.97. The van der Waals surface area contributed by atoms with Crippen LogP contribution in [0.5, 0.6) is 0 Å². The number of rotatable bonds is 6. The molecule has 6 nitrogen and oxygen atoms in total. The molecule has 27 heavy (non-hydrogen) atoms. The van der Waals surface area contributed by atoms with Crippen LogP contribution in [-0.2, 0) is 15.0 Å². The van der Waals surface area contributed by atoms with Crippen molar-refractivity contribution in [3.05, 3.63) is 0 Å². The summed E-state index contributed by atoms with van der Waals surface area (Å²) in [6, 6.07) is 0. The standard InChI is InChI=1S/C20H37N3O3S/c24-20(21-13-12-18-9-4-1-2-5-10-18)19-11-8-16-23(17-19)27(25,26)22-14-6-3-7-15-22/h18-19H,1-17H2,(H,21,24). The second kappa shape index (κ2) is 10.2. The van der Waals surface area contributed by atoms with Crippen molar-refractivity contribution in [3.63, 3.8) is 0 Å². The predicted molar refractivity (Wildman–Crippen MR) is 107 cm³/mol. The molecule has 3 aliphatic rings. The molecule has 0 aromatic heterocycles. The van der Waals surface area contributed by atoms with Crippen LogP contribution in [0.3, 0.4) is 0 Å². The summed E-state index contributed by atoms with van der Waals surface area (Å²) in [7, 11) is -3.41. The van der Waals surface area contributed by atoms with Crippen LogP contribution >= 0.6 is 0 Å². The normalized spacial score (nSPS) is 27.2. The van der Waals surface area contributed by atoms with Crippen molar-refractivity contribution < 1.29 is 13.2 Å². The van der Waals surface area contributed by atoms with Gasteiger partial charge in [-0.05, 0) is 38.0 Å². The highest BCUT2D eigenvalue weighted by molar-refractivity contribution is 7.86. The van der Waals surface area contributed by atoms with E-state index in [0.29, 0.717) is 26.2 Å². The van der Waals surface area contributed by atoms with E-state index in [0.717, 1.165) is 51.0 Å². The topological polar surface area (TPSA) is 69.7 Å². The second-order valence-corrected chi connectivity index (χ2v) is 10.5. The van der Waals surface area contributed by atoms with E-state index < -0.39 is 10.2 Å². The number of nitrogens with one attached hydrogen (secondary N) is 1. The van der Waals surface area contributed by atoms with E-state index in [4.69, 9.17) is 0 Å². The van der Waals surface area contributed by atoms with Crippen LogP contribution < -0.4 is 5.32 Å². The Kier molecular flexibility index (Phi) is 7.97. The first-order valence-electron chi connectivity index (χ1n) is 11.1. The Labute approximate surface area is 165 Å². The molecule has 1 unspecified atom stereocenters. The number of hydrogen-bond donors (Lipinski definition) is 1. The van der Waals surface area contributed by atoms with Crippen molar-refractivity contribution in [2.45, 2.75) is 77.0 Å². The Morgan fingerprint density at radius 3 is 2.15 bits per heavy atom. The Bertz CT molecular complexity index is 567. The van der Waals surface area contributed by atoms with Gasteiger partial charge in [0, 0.05) is 32.7 Å². The molecule has 0 radical (unpaired) electrons. The van der Waals surface area contributed by atoms with Crippen molar-refractivity contribution in [1.82, 2.24) is 13.9 Å². The van der Waals surface area contributed by atoms with Crippen LogP contribution in [0, 0.1) is 11.8 Å². The first-order valence-corrected chi connectivity index (χ1v) is 12.5. The third kappa shape index (κ3) is 5.91. The quantitative estimate of drug-likeness (QED) is 0.698. The fourth-order valence-electron chi connectivity index (χ4n) is 4.82. The van der Waals surface area contributed by atoms with E-state index in [1.807, 2.05) is 0 Å². The molecular formula is C20H37N3O3S. The minimum atomic E-state index is -3.41. The van der Waals surface area contributed by atoms with Gasteiger partial charge >= 0.3 is 0 Å². The van der Waals surface area contributed by atoms with Crippen LogP contribution in [0.2, 0.25) is 0 Å². The lowest BCUT2D eigenvalue weighted by Gasteiger charge is -2.36. The molecule has 3 fully saturated rings. The Balaban J connectivity index is 1.46. The van der Waals surface area contributed by atoms with Crippen LogP contribution in [0.1, 0.15) is 77.0 Å². The summed E-state index contributed by atoms with van der Waals surface area (Å²) < 4.78 is 28.9. The molecule has 2 heterocycles. The first-order chi connectivity index (χ1) is 13.1. The van der Waals surface area contributed by atoms with E-state index in [2.05, 4.69) is 5.32 Å². The van der Waals surface area contributed by atoms with Crippen LogP contribution in [0.4, 0.5) is 0 Å². The molecule has 1 amide bonds. The monoisotopic (exact) mass is 399 g/mol. The van der Waals surface area contributed by atoms with Gasteiger partial charge in [0.2, 0.25) is 5.91 Å². The van der Waals surface area contributed by atoms with Crippen molar-refractivity contribution in [2.24, 2.45) is 11.8 Å². The van der Waals surface area contributed by atoms with E-state index >= 15 is 0 Å². The van der Waals surface area contributed by atoms with Crippen LogP contribution in [-0.4, -0.2) is 55.7 Å². The molecule has 0 aromatic carbocycles. The largest absolute Gasteiger partial charge is 0.356 e. The molecule has 2 saturated heterocycles. The van der Waals surface area contributed by atoms with Crippen LogP contribution in [0.25, 0.3) is 0 Å². The fraction of sp³-hybridized carbons (Fsp3) is 0.950. The molecule has 0 spiro atoms. The summed E-state index contributed by atoms with van der Waals surface area (Å²) in [6.45, 7) is 2.87. The third-order valence-corrected chi connectivity index (χ3v) is 8.55. The molecule has 1 N–H and O–H groups in total. The lowest BCUT2D eigenvalue weighted by molar-refractivity contribution is -0.126. The number of amides is 1. The molecule has 2 aliphatic heterocycles. The molecule has 1 aliphatic carbocycles. The number of piperidine rings is 2. The van der Waals surface area contributed by atoms with Gasteiger partial charge in [-0.1, -0.05) is 44.9 Å². The Hall–Kier alpha value is -0.660. The molecule has 1 saturated carbocycles. The molecule has 1 atom stereocenters. The van der Waals surface area contributed by atoms with Crippen molar-refractivity contribution in [3.8, 4) is 0 Å². The van der Waals surface area contributed by atoms with Crippen molar-refractivity contribution in [2.75, 3.05) is 32.7 Å². The van der Waals surface area contributed by atoms with Crippen LogP contribution in [0.15, 0.2) is 0 Å². The summed E-state index contributed by atoms with van der Waals surface area (Å²) in [4.78, 5) is 12.6. The third-order valence-electron chi connectivity index (χ3n) is 6.55. The summed E-state index contributed by atoms with van der Waals surface area (Å²) >= 11 is 0. The lowest BCUT2D eigenvalue weighted by atomic mass is 9.96. The smallest absolute Gasteiger partial charge is 0.281 e. The van der Waals surface area contributed by atoms with Crippen molar-refractivity contribution in [1.29, 1.82) is 0 Å². The van der Waals surface area contributed by atoms with Gasteiger partial charge in [0.25, 0.3) is 10.2 Å². The van der Waals surface area contributed by atoms with Gasteiger partial charge in [0.05, 0.1) is 5.92 Å². The zero-order valence-corrected chi connectivity index (χ0v) is 17.5. The highest BCUT2D eigenvalue weighted by Crippen LogP contribution is 2.26. The highest BCUT2D eigenvalue weighted by atomic mass is 32.2. The maximum atomic E-state index is 12.9. The average molecular weight is 400 g/mol. The maximum Gasteiger partial charge on any atom is 0.281 e. The zero-order chi connectivity index (χ0) is 19.1. The van der Waals surface area contributed by atoms with Gasteiger partial charge in [-0.2, -0.15) is 17.0 Å². The number of nitrogens with zero attached hydrogens (tertiary/aromatic N) is 2. The van der Waals surface area contributed by atoms with Gasteiger partial charge in [0.1, 0.15) is 0 Å². The number of carbonyl (C=O) groups is 1.